The van der Waals surface area contributed by atoms with E-state index in [0.717, 1.165) is 24.0 Å². The van der Waals surface area contributed by atoms with E-state index in [1.54, 1.807) is 0 Å². The normalized spacial score (nSPS) is 10.5. The van der Waals surface area contributed by atoms with E-state index >= 15 is 0 Å². The van der Waals surface area contributed by atoms with Gasteiger partial charge in [-0.05, 0) is 39.9 Å². The van der Waals surface area contributed by atoms with Crippen molar-refractivity contribution in [2.75, 3.05) is 23.4 Å². The minimum absolute atomic E-state index is 0.150. The first-order valence-electron chi connectivity index (χ1n) is 5.11. The van der Waals surface area contributed by atoms with E-state index in [1.807, 2.05) is 11.8 Å². The smallest absolute Gasteiger partial charge is 0.147 e. The number of nitrogens with one attached hydrogen (secondary N) is 1. The quantitative estimate of drug-likeness (QED) is 0.621. The maximum Gasteiger partial charge on any atom is 0.147 e. The highest BCUT2D eigenvalue weighted by Gasteiger charge is 2.07. The summed E-state index contributed by atoms with van der Waals surface area (Å²) < 4.78 is 26.6. The third-order valence-corrected chi connectivity index (χ3v) is 3.59. The Morgan fingerprint density at radius 2 is 2.06 bits per heavy atom. The highest BCUT2D eigenvalue weighted by Crippen LogP contribution is 2.23. The van der Waals surface area contributed by atoms with E-state index in [0.29, 0.717) is 6.54 Å². The zero-order valence-corrected chi connectivity index (χ0v) is 11.4. The summed E-state index contributed by atoms with van der Waals surface area (Å²) in [4.78, 5) is 0. The van der Waals surface area contributed by atoms with Gasteiger partial charge in [0, 0.05) is 12.6 Å². The Hall–Kier alpha value is -0.290. The van der Waals surface area contributed by atoms with Gasteiger partial charge in [0.25, 0.3) is 0 Å². The first-order chi connectivity index (χ1) is 7.65. The number of benzene rings is 1. The molecule has 0 radical (unpaired) electrons. The molecule has 0 saturated heterocycles. The molecule has 0 bridgehead atoms. The third kappa shape index (κ3) is 4.29. The molecule has 0 aliphatic carbocycles. The highest BCUT2D eigenvalue weighted by molar-refractivity contribution is 9.10. The first-order valence-corrected chi connectivity index (χ1v) is 7.06. The van der Waals surface area contributed by atoms with Crippen LogP contribution >= 0.6 is 27.7 Å². The standard InChI is InChI=1S/C11H14BrF2NS/c1-2-16-5-3-4-15-11-7-9(13)8(12)6-10(11)14/h6-7,15H,2-5H2,1H3. The van der Waals surface area contributed by atoms with Crippen molar-refractivity contribution in [3.63, 3.8) is 0 Å². The Morgan fingerprint density at radius 1 is 1.31 bits per heavy atom. The minimum Gasteiger partial charge on any atom is -0.383 e. The molecule has 0 aliphatic heterocycles. The first kappa shape index (κ1) is 13.8. The molecule has 0 fully saturated rings. The fourth-order valence-electron chi connectivity index (χ4n) is 1.20. The summed E-state index contributed by atoms with van der Waals surface area (Å²) in [6.45, 7) is 2.76. The Balaban J connectivity index is 2.45. The largest absolute Gasteiger partial charge is 0.383 e. The van der Waals surface area contributed by atoms with Gasteiger partial charge in [0.2, 0.25) is 0 Å². The fraction of sp³-hybridized carbons (Fsp3) is 0.455. The summed E-state index contributed by atoms with van der Waals surface area (Å²) in [5.74, 6) is 1.23. The van der Waals surface area contributed by atoms with Crippen LogP contribution in [0.2, 0.25) is 0 Å². The second-order valence-corrected chi connectivity index (χ2v) is 5.47. The predicted molar refractivity (Wildman–Crippen MR) is 70.2 cm³/mol. The summed E-state index contributed by atoms with van der Waals surface area (Å²) in [5.41, 5.74) is 0.224. The van der Waals surface area contributed by atoms with Crippen LogP contribution in [0.15, 0.2) is 16.6 Å². The molecule has 0 heterocycles. The van der Waals surface area contributed by atoms with Crippen LogP contribution in [0.4, 0.5) is 14.5 Å². The van der Waals surface area contributed by atoms with Gasteiger partial charge in [0.05, 0.1) is 10.2 Å². The van der Waals surface area contributed by atoms with Crippen molar-refractivity contribution in [1.29, 1.82) is 0 Å². The van der Waals surface area contributed by atoms with Crippen molar-refractivity contribution >= 4 is 33.4 Å². The van der Waals surface area contributed by atoms with Crippen LogP contribution in [-0.2, 0) is 0 Å². The van der Waals surface area contributed by atoms with Gasteiger partial charge in [0.15, 0.2) is 0 Å². The minimum atomic E-state index is -0.452. The summed E-state index contributed by atoms with van der Waals surface area (Å²) in [5, 5.41) is 2.89. The van der Waals surface area contributed by atoms with Crippen molar-refractivity contribution in [2.24, 2.45) is 0 Å². The van der Waals surface area contributed by atoms with Crippen LogP contribution in [0.1, 0.15) is 13.3 Å². The summed E-state index contributed by atoms with van der Waals surface area (Å²) in [7, 11) is 0. The molecule has 0 aromatic heterocycles. The van der Waals surface area contributed by atoms with Crippen LogP contribution in [0.25, 0.3) is 0 Å². The fourth-order valence-corrected chi connectivity index (χ4v) is 2.15. The Kier molecular flexibility index (Phi) is 6.13. The van der Waals surface area contributed by atoms with Crippen LogP contribution in [-0.4, -0.2) is 18.1 Å². The number of halogens is 3. The van der Waals surface area contributed by atoms with E-state index in [4.69, 9.17) is 0 Å². The molecule has 0 unspecified atom stereocenters. The van der Waals surface area contributed by atoms with Crippen molar-refractivity contribution in [2.45, 2.75) is 13.3 Å². The number of hydrogen-bond acceptors (Lipinski definition) is 2. The molecule has 0 atom stereocenters. The lowest BCUT2D eigenvalue weighted by molar-refractivity contribution is 0.596. The van der Waals surface area contributed by atoms with Crippen LogP contribution in [0.5, 0.6) is 0 Å². The molecule has 0 saturated carbocycles. The zero-order chi connectivity index (χ0) is 12.0. The molecule has 5 heteroatoms. The van der Waals surface area contributed by atoms with Crippen molar-refractivity contribution < 1.29 is 8.78 Å². The molecule has 1 N–H and O–H groups in total. The molecule has 1 nitrogen and oxygen atoms in total. The van der Waals surface area contributed by atoms with E-state index in [2.05, 4.69) is 28.2 Å². The maximum atomic E-state index is 13.3. The van der Waals surface area contributed by atoms with E-state index < -0.39 is 11.6 Å². The van der Waals surface area contributed by atoms with Crippen LogP contribution < -0.4 is 5.32 Å². The number of thioether (sulfide) groups is 1. The van der Waals surface area contributed by atoms with Gasteiger partial charge in [-0.15, -0.1) is 0 Å². The van der Waals surface area contributed by atoms with Crippen molar-refractivity contribution in [3.05, 3.63) is 28.2 Å². The maximum absolute atomic E-state index is 13.3. The molecule has 90 valence electrons. The SMILES string of the molecule is CCSCCCNc1cc(F)c(Br)cc1F. The lowest BCUT2D eigenvalue weighted by Gasteiger charge is -2.08. The van der Waals surface area contributed by atoms with Crippen molar-refractivity contribution in [3.8, 4) is 0 Å². The van der Waals surface area contributed by atoms with E-state index in [1.165, 1.54) is 6.07 Å². The monoisotopic (exact) mass is 309 g/mol. The molecule has 16 heavy (non-hydrogen) atoms. The van der Waals surface area contributed by atoms with Gasteiger partial charge in [-0.2, -0.15) is 11.8 Å². The van der Waals surface area contributed by atoms with Gasteiger partial charge in [-0.25, -0.2) is 8.78 Å². The molecule has 1 aromatic rings. The molecule has 0 spiro atoms. The Morgan fingerprint density at radius 3 is 2.75 bits per heavy atom. The zero-order valence-electron chi connectivity index (χ0n) is 9.03. The van der Waals surface area contributed by atoms with Crippen molar-refractivity contribution in [1.82, 2.24) is 0 Å². The van der Waals surface area contributed by atoms with Gasteiger partial charge in [-0.1, -0.05) is 6.92 Å². The lowest BCUT2D eigenvalue weighted by Crippen LogP contribution is -2.05. The number of anilines is 1. The molecule has 1 aromatic carbocycles. The van der Waals surface area contributed by atoms with E-state index in [-0.39, 0.29) is 10.2 Å². The number of hydrogen-bond donors (Lipinski definition) is 1. The average molecular weight is 310 g/mol. The topological polar surface area (TPSA) is 12.0 Å². The molecular weight excluding hydrogens is 296 g/mol. The van der Waals surface area contributed by atoms with Gasteiger partial charge in [-0.3, -0.25) is 0 Å². The molecule has 0 amide bonds. The second kappa shape index (κ2) is 7.12. The summed E-state index contributed by atoms with van der Waals surface area (Å²) >= 11 is 4.77. The van der Waals surface area contributed by atoms with Crippen LogP contribution in [0.3, 0.4) is 0 Å². The average Bonchev–Trinajstić information content (AvgIpc) is 2.25. The second-order valence-electron chi connectivity index (χ2n) is 3.22. The summed E-state index contributed by atoms with van der Waals surface area (Å²) in [6.07, 6.45) is 0.940. The number of rotatable bonds is 6. The Bertz CT molecular complexity index is 347. The van der Waals surface area contributed by atoms with Gasteiger partial charge < -0.3 is 5.32 Å². The van der Waals surface area contributed by atoms with Crippen LogP contribution in [0, 0.1) is 11.6 Å². The highest BCUT2D eigenvalue weighted by atomic mass is 79.9. The van der Waals surface area contributed by atoms with Gasteiger partial charge >= 0.3 is 0 Å². The predicted octanol–water partition coefficient (Wildman–Crippen LogP) is 4.28. The molecule has 0 aliphatic rings. The lowest BCUT2D eigenvalue weighted by atomic mass is 10.3. The van der Waals surface area contributed by atoms with Gasteiger partial charge in [0.1, 0.15) is 11.6 Å². The third-order valence-electron chi connectivity index (χ3n) is 1.99. The molecule has 1 rings (SSSR count). The summed E-state index contributed by atoms with van der Waals surface area (Å²) in [6, 6.07) is 2.31. The Labute approximate surface area is 107 Å². The molecular formula is C11H14BrF2NS. The van der Waals surface area contributed by atoms with E-state index in [9.17, 15) is 8.78 Å².